The molecule has 202 valence electrons. The third-order valence-electron chi connectivity index (χ3n) is 7.40. The van der Waals surface area contributed by atoms with Gasteiger partial charge in [-0.2, -0.15) is 0 Å². The van der Waals surface area contributed by atoms with Crippen molar-refractivity contribution in [1.29, 1.82) is 0 Å². The molecule has 0 bridgehead atoms. The molecule has 0 saturated carbocycles. The summed E-state index contributed by atoms with van der Waals surface area (Å²) in [7, 11) is 2.02. The monoisotopic (exact) mass is 535 g/mol. The first kappa shape index (κ1) is 25.4. The van der Waals surface area contributed by atoms with Gasteiger partial charge in [0.1, 0.15) is 0 Å². The number of rotatable bonds is 6. The van der Waals surface area contributed by atoms with Crippen LogP contribution < -0.4 is 11.1 Å². The number of nitrogens with one attached hydrogen (secondary N) is 1. The van der Waals surface area contributed by atoms with Gasteiger partial charge in [0.05, 0.1) is 47.2 Å². The van der Waals surface area contributed by atoms with E-state index < -0.39 is 5.91 Å². The van der Waals surface area contributed by atoms with Gasteiger partial charge in [-0.1, -0.05) is 12.1 Å². The van der Waals surface area contributed by atoms with Gasteiger partial charge in [0.25, 0.3) is 5.91 Å². The minimum atomic E-state index is -0.579. The van der Waals surface area contributed by atoms with Crippen molar-refractivity contribution in [2.75, 3.05) is 25.1 Å². The Bertz CT molecular complexity index is 1760. The van der Waals surface area contributed by atoms with Gasteiger partial charge in [0.15, 0.2) is 0 Å². The summed E-state index contributed by atoms with van der Waals surface area (Å²) < 4.78 is 7.74. The minimum absolute atomic E-state index is 0.0261. The number of carbonyl (C=O) groups is 2. The van der Waals surface area contributed by atoms with E-state index in [1.165, 1.54) is 0 Å². The molecular weight excluding hydrogens is 506 g/mol. The van der Waals surface area contributed by atoms with E-state index in [0.717, 1.165) is 27.5 Å². The number of aryl methyl sites for hydroxylation is 1. The number of benzene rings is 2. The zero-order valence-electron chi connectivity index (χ0n) is 22.3. The Morgan fingerprint density at radius 1 is 1.07 bits per heavy atom. The molecule has 2 amide bonds. The zero-order valence-corrected chi connectivity index (χ0v) is 22.3. The van der Waals surface area contributed by atoms with E-state index in [1.807, 2.05) is 25.4 Å². The third-order valence-corrected chi connectivity index (χ3v) is 7.40. The van der Waals surface area contributed by atoms with Crippen molar-refractivity contribution >= 4 is 45.1 Å². The maximum Gasteiger partial charge on any atom is 0.250 e. The second-order valence-corrected chi connectivity index (χ2v) is 9.96. The number of nitrogens with two attached hydrogens (primary N) is 1. The summed E-state index contributed by atoms with van der Waals surface area (Å²) in [6, 6.07) is 13.6. The lowest BCUT2D eigenvalue weighted by Gasteiger charge is -2.35. The van der Waals surface area contributed by atoms with E-state index in [9.17, 15) is 9.59 Å². The Kier molecular flexibility index (Phi) is 6.61. The molecule has 0 radical (unpaired) electrons. The Morgan fingerprint density at radius 3 is 2.75 bits per heavy atom. The lowest BCUT2D eigenvalue weighted by atomic mass is 10.0. The zero-order chi connectivity index (χ0) is 27.8. The largest absolute Gasteiger partial charge is 0.377 e. The molecule has 10 nitrogen and oxygen atoms in total. The highest BCUT2D eigenvalue weighted by molar-refractivity contribution is 6.01. The van der Waals surface area contributed by atoms with Gasteiger partial charge in [-0.3, -0.25) is 24.5 Å². The number of anilines is 2. The number of hydrogen-bond donors (Lipinski definition) is 2. The van der Waals surface area contributed by atoms with Crippen molar-refractivity contribution in [2.45, 2.75) is 19.4 Å². The van der Waals surface area contributed by atoms with E-state index in [4.69, 9.17) is 10.5 Å². The molecule has 1 aliphatic heterocycles. The van der Waals surface area contributed by atoms with Crippen molar-refractivity contribution < 1.29 is 14.3 Å². The highest BCUT2D eigenvalue weighted by atomic mass is 16.5. The molecule has 0 spiro atoms. The van der Waals surface area contributed by atoms with Crippen LogP contribution in [0.1, 0.15) is 23.0 Å². The molecule has 1 aliphatic rings. The summed E-state index contributed by atoms with van der Waals surface area (Å²) in [6.45, 7) is 2.94. The summed E-state index contributed by atoms with van der Waals surface area (Å²) in [5, 5.41) is 4.57. The first-order valence-electron chi connectivity index (χ1n) is 13.1. The molecule has 1 atom stereocenters. The van der Waals surface area contributed by atoms with E-state index in [-0.39, 0.29) is 11.9 Å². The summed E-state index contributed by atoms with van der Waals surface area (Å²) in [4.78, 5) is 40.4. The normalized spacial score (nSPS) is 15.4. The van der Waals surface area contributed by atoms with Crippen LogP contribution in [0.15, 0.2) is 67.3 Å². The second-order valence-electron chi connectivity index (χ2n) is 9.96. The first-order valence-corrected chi connectivity index (χ1v) is 13.1. The SMILES string of the molecule is CC(=O)N1CCOCC1Cc1nccc(C(N)=O)c1Nc1cc(-c2ccc3ccn(C)c3c2)c2nccnc2c1. The molecule has 10 heteroatoms. The maximum absolute atomic E-state index is 12.5. The Morgan fingerprint density at radius 2 is 1.93 bits per heavy atom. The molecule has 3 aromatic heterocycles. The first-order chi connectivity index (χ1) is 19.4. The second kappa shape index (κ2) is 10.4. The lowest BCUT2D eigenvalue weighted by molar-refractivity contribution is -0.137. The Hall–Kier alpha value is -4.83. The molecular formula is C30H29N7O3. The molecule has 0 aliphatic carbocycles. The quantitative estimate of drug-likeness (QED) is 0.338. The molecule has 5 aromatic rings. The number of nitrogens with zero attached hydrogens (tertiary/aromatic N) is 5. The Labute approximate surface area is 230 Å². The van der Waals surface area contributed by atoms with Crippen LogP contribution in [0.4, 0.5) is 11.4 Å². The summed E-state index contributed by atoms with van der Waals surface area (Å²) in [6.07, 6.45) is 7.32. The van der Waals surface area contributed by atoms with Crippen molar-refractivity contribution in [1.82, 2.24) is 24.4 Å². The summed E-state index contributed by atoms with van der Waals surface area (Å²) in [5.74, 6) is -0.605. The van der Waals surface area contributed by atoms with Crippen LogP contribution in [0.2, 0.25) is 0 Å². The number of carbonyl (C=O) groups excluding carboxylic acids is 2. The number of pyridine rings is 1. The molecule has 2 aromatic carbocycles. The highest BCUT2D eigenvalue weighted by Gasteiger charge is 2.27. The highest BCUT2D eigenvalue weighted by Crippen LogP contribution is 2.34. The van der Waals surface area contributed by atoms with Gasteiger partial charge in [0, 0.05) is 68.5 Å². The Balaban J connectivity index is 1.45. The van der Waals surface area contributed by atoms with Crippen LogP contribution in [0.5, 0.6) is 0 Å². The van der Waals surface area contributed by atoms with Crippen molar-refractivity contribution in [3.05, 3.63) is 78.5 Å². The van der Waals surface area contributed by atoms with Crippen LogP contribution in [0.25, 0.3) is 33.1 Å². The van der Waals surface area contributed by atoms with Crippen LogP contribution >= 0.6 is 0 Å². The van der Waals surface area contributed by atoms with Gasteiger partial charge in [-0.15, -0.1) is 0 Å². The van der Waals surface area contributed by atoms with Crippen LogP contribution in [-0.4, -0.2) is 62.0 Å². The number of hydrogen-bond acceptors (Lipinski definition) is 7. The van der Waals surface area contributed by atoms with E-state index >= 15 is 0 Å². The fourth-order valence-corrected chi connectivity index (χ4v) is 5.41. The van der Waals surface area contributed by atoms with Crippen molar-refractivity contribution in [2.24, 2.45) is 12.8 Å². The molecule has 6 rings (SSSR count). The van der Waals surface area contributed by atoms with Crippen molar-refractivity contribution in [3.8, 4) is 11.1 Å². The van der Waals surface area contributed by atoms with E-state index in [0.29, 0.717) is 54.3 Å². The number of amides is 2. The topological polar surface area (TPSA) is 128 Å². The lowest BCUT2D eigenvalue weighted by Crippen LogP contribution is -2.49. The molecule has 1 saturated heterocycles. The third kappa shape index (κ3) is 4.73. The molecule has 1 fully saturated rings. The van der Waals surface area contributed by atoms with E-state index in [1.54, 1.807) is 36.5 Å². The predicted octanol–water partition coefficient (Wildman–Crippen LogP) is 3.82. The number of morpholine rings is 1. The fraction of sp³-hybridized carbons (Fsp3) is 0.233. The molecule has 40 heavy (non-hydrogen) atoms. The maximum atomic E-state index is 12.5. The molecule has 3 N–H and O–H groups in total. The molecule has 4 heterocycles. The average molecular weight is 536 g/mol. The van der Waals surface area contributed by atoms with Crippen LogP contribution in [0, 0.1) is 0 Å². The molecule has 1 unspecified atom stereocenters. The predicted molar refractivity (Wildman–Crippen MR) is 153 cm³/mol. The van der Waals surface area contributed by atoms with Gasteiger partial charge in [-0.05, 0) is 41.3 Å². The van der Waals surface area contributed by atoms with Gasteiger partial charge < -0.3 is 25.3 Å². The fourth-order valence-electron chi connectivity index (χ4n) is 5.41. The smallest absolute Gasteiger partial charge is 0.250 e. The summed E-state index contributed by atoms with van der Waals surface area (Å²) in [5.41, 5.74) is 12.4. The van der Waals surface area contributed by atoms with E-state index in [2.05, 4.69) is 49.1 Å². The van der Waals surface area contributed by atoms with Gasteiger partial charge in [0.2, 0.25) is 5.91 Å². The van der Waals surface area contributed by atoms with Gasteiger partial charge >= 0.3 is 0 Å². The number of ether oxygens (including phenoxy) is 1. The van der Waals surface area contributed by atoms with Gasteiger partial charge in [-0.25, -0.2) is 0 Å². The minimum Gasteiger partial charge on any atom is -0.377 e. The van der Waals surface area contributed by atoms with Crippen LogP contribution in [0.3, 0.4) is 0 Å². The standard InChI is InChI=1S/C30H29N7O3/c1-18(38)37-11-12-40-17-22(37)16-26-29(23(30(31)39)5-7-32-26)35-21-14-24(28-25(15-21)33-8-9-34-28)20-4-3-19-6-10-36(2)27(19)13-20/h3-10,13-15,22,35H,11-12,16-17H2,1-2H3,(H2,31,39). The number of primary amides is 1. The average Bonchev–Trinajstić information content (AvgIpc) is 3.33. The number of aromatic nitrogens is 4. The number of fused-ring (bicyclic) bond motifs is 2. The summed E-state index contributed by atoms with van der Waals surface area (Å²) >= 11 is 0. The van der Waals surface area contributed by atoms with Crippen LogP contribution in [-0.2, 0) is 23.0 Å². The van der Waals surface area contributed by atoms with Crippen molar-refractivity contribution in [3.63, 3.8) is 0 Å².